The van der Waals surface area contributed by atoms with E-state index in [1.54, 1.807) is 6.07 Å². The number of hydrogen-bond donors (Lipinski definition) is 2. The highest BCUT2D eigenvalue weighted by molar-refractivity contribution is 6.46. The zero-order valence-corrected chi connectivity index (χ0v) is 17.4. The number of aliphatic hydroxyl groups excluding tert-OH is 1. The van der Waals surface area contributed by atoms with Gasteiger partial charge in [0.25, 0.3) is 11.7 Å². The molecule has 0 radical (unpaired) electrons. The van der Waals surface area contributed by atoms with Crippen LogP contribution in [0.1, 0.15) is 23.6 Å². The maximum Gasteiger partial charge on any atom is 0.295 e. The first kappa shape index (κ1) is 21.8. The third kappa shape index (κ3) is 4.32. The van der Waals surface area contributed by atoms with E-state index < -0.39 is 29.3 Å². The molecule has 1 fully saturated rings. The Balaban J connectivity index is 2.15. The van der Waals surface area contributed by atoms with Crippen molar-refractivity contribution in [2.24, 2.45) is 0 Å². The number of ketones is 1. The number of likely N-dealkylation sites (tertiary alicyclic amines) is 1. The zero-order chi connectivity index (χ0) is 22.0. The van der Waals surface area contributed by atoms with Crippen LogP contribution in [0.4, 0.5) is 4.39 Å². The second-order valence-electron chi connectivity index (χ2n) is 7.37. The van der Waals surface area contributed by atoms with Gasteiger partial charge < -0.3 is 20.0 Å². The average Bonchev–Trinajstić information content (AvgIpc) is 2.94. The van der Waals surface area contributed by atoms with E-state index in [-0.39, 0.29) is 28.5 Å². The number of aromatic hydroxyl groups is 1. The highest BCUT2D eigenvalue weighted by atomic mass is 35.5. The third-order valence-electron chi connectivity index (χ3n) is 4.92. The van der Waals surface area contributed by atoms with Crippen molar-refractivity contribution < 1.29 is 24.2 Å². The van der Waals surface area contributed by atoms with Crippen LogP contribution in [-0.4, -0.2) is 58.9 Å². The first-order valence-electron chi connectivity index (χ1n) is 9.38. The molecule has 1 aliphatic rings. The standard InChI is InChI=1S/C22H22ClFN2O4/c1-25(2)9-4-10-26-19(13-5-3-6-15(24)11-13)18(21(29)22(26)30)20(28)16-12-14(23)7-8-17(16)27/h3,5-8,11-12,19,27-28H,4,9-10H2,1-2H3/t19-/m0/s1. The Kier molecular flexibility index (Phi) is 6.43. The zero-order valence-electron chi connectivity index (χ0n) is 16.6. The molecular formula is C22H22ClFN2O4. The molecule has 6 nitrogen and oxygen atoms in total. The summed E-state index contributed by atoms with van der Waals surface area (Å²) in [6, 6.07) is 8.56. The lowest BCUT2D eigenvalue weighted by molar-refractivity contribution is -0.139. The van der Waals surface area contributed by atoms with Crippen molar-refractivity contribution in [3.8, 4) is 5.75 Å². The average molecular weight is 433 g/mol. The van der Waals surface area contributed by atoms with Gasteiger partial charge >= 0.3 is 0 Å². The van der Waals surface area contributed by atoms with E-state index in [4.69, 9.17) is 11.6 Å². The summed E-state index contributed by atoms with van der Waals surface area (Å²) in [7, 11) is 3.78. The van der Waals surface area contributed by atoms with Gasteiger partial charge in [0, 0.05) is 11.6 Å². The third-order valence-corrected chi connectivity index (χ3v) is 5.16. The molecule has 1 saturated heterocycles. The summed E-state index contributed by atoms with van der Waals surface area (Å²) in [6.45, 7) is 0.913. The van der Waals surface area contributed by atoms with Gasteiger partial charge in [0.15, 0.2) is 0 Å². The molecule has 8 heteroatoms. The number of hydrogen-bond acceptors (Lipinski definition) is 5. The minimum atomic E-state index is -0.985. The predicted molar refractivity (Wildman–Crippen MR) is 112 cm³/mol. The molecule has 0 saturated carbocycles. The monoisotopic (exact) mass is 432 g/mol. The fourth-order valence-corrected chi connectivity index (χ4v) is 3.71. The molecule has 1 amide bonds. The summed E-state index contributed by atoms with van der Waals surface area (Å²) in [4.78, 5) is 28.9. The second kappa shape index (κ2) is 8.85. The Bertz CT molecular complexity index is 1020. The quantitative estimate of drug-likeness (QED) is 0.414. The number of carbonyl (C=O) groups excluding carboxylic acids is 2. The Hall–Kier alpha value is -2.90. The Morgan fingerprint density at radius 1 is 1.20 bits per heavy atom. The Morgan fingerprint density at radius 2 is 1.93 bits per heavy atom. The van der Waals surface area contributed by atoms with Gasteiger partial charge in [0.1, 0.15) is 17.3 Å². The van der Waals surface area contributed by atoms with Gasteiger partial charge in [0.2, 0.25) is 0 Å². The number of phenolic OH excluding ortho intramolecular Hbond substituents is 1. The first-order chi connectivity index (χ1) is 14.2. The van der Waals surface area contributed by atoms with Crippen LogP contribution in [0.3, 0.4) is 0 Å². The molecule has 1 aliphatic heterocycles. The number of rotatable bonds is 6. The van der Waals surface area contributed by atoms with Gasteiger partial charge in [-0.15, -0.1) is 0 Å². The van der Waals surface area contributed by atoms with Crippen LogP contribution in [0.2, 0.25) is 5.02 Å². The maximum absolute atomic E-state index is 13.9. The smallest absolute Gasteiger partial charge is 0.295 e. The molecule has 3 rings (SSSR count). The maximum atomic E-state index is 13.9. The molecule has 1 atom stereocenters. The number of benzene rings is 2. The normalized spacial score (nSPS) is 18.4. The lowest BCUT2D eigenvalue weighted by Gasteiger charge is -2.26. The van der Waals surface area contributed by atoms with E-state index in [9.17, 15) is 24.2 Å². The van der Waals surface area contributed by atoms with Crippen molar-refractivity contribution in [3.05, 3.63) is 70.0 Å². The van der Waals surface area contributed by atoms with E-state index in [0.717, 1.165) is 0 Å². The topological polar surface area (TPSA) is 81.1 Å². The van der Waals surface area contributed by atoms with Crippen molar-refractivity contribution in [2.75, 3.05) is 27.2 Å². The van der Waals surface area contributed by atoms with Crippen molar-refractivity contribution in [2.45, 2.75) is 12.5 Å². The number of halogens is 2. The van der Waals surface area contributed by atoms with E-state index >= 15 is 0 Å². The lowest BCUT2D eigenvalue weighted by Crippen LogP contribution is -2.32. The van der Waals surface area contributed by atoms with Crippen LogP contribution in [0.5, 0.6) is 5.75 Å². The van der Waals surface area contributed by atoms with Gasteiger partial charge in [-0.25, -0.2) is 4.39 Å². The van der Waals surface area contributed by atoms with E-state index in [2.05, 4.69) is 0 Å². The molecule has 30 heavy (non-hydrogen) atoms. The number of amides is 1. The molecule has 158 valence electrons. The lowest BCUT2D eigenvalue weighted by atomic mass is 9.95. The second-order valence-corrected chi connectivity index (χ2v) is 7.80. The van der Waals surface area contributed by atoms with Crippen LogP contribution in [0.15, 0.2) is 48.0 Å². The van der Waals surface area contributed by atoms with Crippen LogP contribution in [0.25, 0.3) is 5.76 Å². The summed E-state index contributed by atoms with van der Waals surface area (Å²) in [5.74, 6) is -3.07. The largest absolute Gasteiger partial charge is 0.507 e. The van der Waals surface area contributed by atoms with Crippen molar-refractivity contribution >= 4 is 29.1 Å². The van der Waals surface area contributed by atoms with Gasteiger partial charge in [-0.3, -0.25) is 9.59 Å². The van der Waals surface area contributed by atoms with Gasteiger partial charge in [-0.05, 0) is 63.0 Å². The summed E-state index contributed by atoms with van der Waals surface area (Å²) in [5.41, 5.74) is 0.0605. The summed E-state index contributed by atoms with van der Waals surface area (Å²) >= 11 is 5.97. The summed E-state index contributed by atoms with van der Waals surface area (Å²) in [5, 5.41) is 21.3. The number of phenols is 1. The summed E-state index contributed by atoms with van der Waals surface area (Å²) < 4.78 is 13.9. The SMILES string of the molecule is CN(C)CCCN1C(=O)C(=O)C(=C(O)c2cc(Cl)ccc2O)[C@@H]1c1cccc(F)c1. The fourth-order valence-electron chi connectivity index (χ4n) is 3.53. The molecule has 0 aliphatic carbocycles. The van der Waals surface area contributed by atoms with Gasteiger partial charge in [-0.1, -0.05) is 23.7 Å². The van der Waals surface area contributed by atoms with E-state index in [1.807, 2.05) is 19.0 Å². The molecule has 0 aromatic heterocycles. The molecule has 0 unspecified atom stereocenters. The Labute approximate surface area is 178 Å². The van der Waals surface area contributed by atoms with Crippen molar-refractivity contribution in [3.63, 3.8) is 0 Å². The number of aliphatic hydroxyl groups is 1. The molecule has 2 N–H and O–H groups in total. The molecule has 0 spiro atoms. The highest BCUT2D eigenvalue weighted by Crippen LogP contribution is 2.41. The Morgan fingerprint density at radius 3 is 2.60 bits per heavy atom. The predicted octanol–water partition coefficient (Wildman–Crippen LogP) is 3.56. The van der Waals surface area contributed by atoms with Crippen molar-refractivity contribution in [1.29, 1.82) is 0 Å². The summed E-state index contributed by atoms with van der Waals surface area (Å²) in [6.07, 6.45) is 0.578. The number of nitrogens with zero attached hydrogens (tertiary/aromatic N) is 2. The minimum Gasteiger partial charge on any atom is -0.507 e. The minimum absolute atomic E-state index is 0.0739. The molecule has 0 bridgehead atoms. The van der Waals surface area contributed by atoms with Crippen LogP contribution >= 0.6 is 11.6 Å². The highest BCUT2D eigenvalue weighted by Gasteiger charge is 2.46. The molecule has 1 heterocycles. The molecule has 2 aromatic carbocycles. The van der Waals surface area contributed by atoms with Crippen LogP contribution < -0.4 is 0 Å². The molecular weight excluding hydrogens is 411 g/mol. The van der Waals surface area contributed by atoms with Gasteiger partial charge in [-0.2, -0.15) is 0 Å². The number of Topliss-reactive ketones (excluding diaryl/α,β-unsaturated/α-hetero) is 1. The first-order valence-corrected chi connectivity index (χ1v) is 9.76. The van der Waals surface area contributed by atoms with E-state index in [0.29, 0.717) is 18.5 Å². The van der Waals surface area contributed by atoms with E-state index in [1.165, 1.54) is 41.3 Å². The van der Waals surface area contributed by atoms with Crippen molar-refractivity contribution in [1.82, 2.24) is 9.80 Å². The van der Waals surface area contributed by atoms with Crippen LogP contribution in [0, 0.1) is 5.82 Å². The van der Waals surface area contributed by atoms with Gasteiger partial charge in [0.05, 0.1) is 17.2 Å². The number of carbonyl (C=O) groups is 2. The molecule has 2 aromatic rings. The fraction of sp³-hybridized carbons (Fsp3) is 0.273. The van der Waals surface area contributed by atoms with Crippen LogP contribution in [-0.2, 0) is 9.59 Å².